The Morgan fingerprint density at radius 3 is 2.90 bits per heavy atom. The van der Waals surface area contributed by atoms with E-state index in [-0.39, 0.29) is 0 Å². The molecule has 0 aliphatic carbocycles. The number of para-hydroxylation sites is 1. The lowest BCUT2D eigenvalue weighted by atomic mass is 10.0. The van der Waals surface area contributed by atoms with Crippen LogP contribution in [-0.2, 0) is 15.9 Å². The summed E-state index contributed by atoms with van der Waals surface area (Å²) >= 11 is 0. The van der Waals surface area contributed by atoms with Crippen LogP contribution < -0.4 is 14.8 Å². The molecule has 2 heterocycles. The van der Waals surface area contributed by atoms with Crippen molar-refractivity contribution in [2.24, 2.45) is 0 Å². The summed E-state index contributed by atoms with van der Waals surface area (Å²) in [6.07, 6.45) is 1.79. The van der Waals surface area contributed by atoms with Gasteiger partial charge in [-0.2, -0.15) is 0 Å². The summed E-state index contributed by atoms with van der Waals surface area (Å²) in [6, 6.07) is 6.35. The molecule has 5 heteroatoms. The van der Waals surface area contributed by atoms with Crippen LogP contribution in [0.15, 0.2) is 18.2 Å². The first-order valence-electron chi connectivity index (χ1n) is 7.50. The first-order valence-corrected chi connectivity index (χ1v) is 7.50. The Balaban J connectivity index is 1.52. The molecule has 0 amide bonds. The second-order valence-corrected chi connectivity index (χ2v) is 5.70. The molecule has 1 atom stereocenters. The molecule has 1 fully saturated rings. The zero-order chi connectivity index (χ0) is 14.7. The van der Waals surface area contributed by atoms with E-state index >= 15 is 0 Å². The number of methoxy groups -OCH3 is 1. The number of nitrogens with one attached hydrogen (secondary N) is 1. The second kappa shape index (κ2) is 6.22. The maximum atomic E-state index is 5.86. The molecule has 1 saturated heterocycles. The molecule has 0 bridgehead atoms. The summed E-state index contributed by atoms with van der Waals surface area (Å²) in [5, 5.41) is 3.53. The van der Waals surface area contributed by atoms with Crippen molar-refractivity contribution in [1.82, 2.24) is 5.32 Å². The molecule has 21 heavy (non-hydrogen) atoms. The number of benzene rings is 1. The highest BCUT2D eigenvalue weighted by Gasteiger charge is 2.31. The summed E-state index contributed by atoms with van der Waals surface area (Å²) < 4.78 is 22.4. The van der Waals surface area contributed by atoms with E-state index in [1.165, 1.54) is 5.56 Å². The van der Waals surface area contributed by atoms with Gasteiger partial charge in [0.1, 0.15) is 6.61 Å². The smallest absolute Gasteiger partial charge is 0.166 e. The van der Waals surface area contributed by atoms with E-state index in [1.807, 2.05) is 19.1 Å². The minimum absolute atomic E-state index is 0.314. The van der Waals surface area contributed by atoms with Crippen LogP contribution in [0.25, 0.3) is 0 Å². The maximum Gasteiger partial charge on any atom is 0.166 e. The first-order chi connectivity index (χ1) is 10.2. The van der Waals surface area contributed by atoms with Crippen molar-refractivity contribution in [3.8, 4) is 11.5 Å². The topological polar surface area (TPSA) is 49.0 Å². The molecule has 2 aliphatic heterocycles. The van der Waals surface area contributed by atoms with E-state index in [2.05, 4.69) is 11.4 Å². The lowest BCUT2D eigenvalue weighted by Gasteiger charge is -2.29. The second-order valence-electron chi connectivity index (χ2n) is 5.70. The van der Waals surface area contributed by atoms with Crippen LogP contribution >= 0.6 is 0 Å². The van der Waals surface area contributed by atoms with Gasteiger partial charge in [-0.05, 0) is 25.0 Å². The molecule has 5 nitrogen and oxygen atoms in total. The molecule has 0 saturated carbocycles. The largest absolute Gasteiger partial charge is 0.493 e. The van der Waals surface area contributed by atoms with Crippen LogP contribution in [0, 0.1) is 0 Å². The predicted molar refractivity (Wildman–Crippen MR) is 78.9 cm³/mol. The summed E-state index contributed by atoms with van der Waals surface area (Å²) in [5.74, 6) is 1.27. The highest BCUT2D eigenvalue weighted by atomic mass is 16.7. The Kier molecular flexibility index (Phi) is 4.33. The number of rotatable bonds is 5. The van der Waals surface area contributed by atoms with Gasteiger partial charge in [0.25, 0.3) is 0 Å². The van der Waals surface area contributed by atoms with Crippen LogP contribution in [0.4, 0.5) is 0 Å². The van der Waals surface area contributed by atoms with Crippen molar-refractivity contribution in [1.29, 1.82) is 0 Å². The summed E-state index contributed by atoms with van der Waals surface area (Å²) in [6.45, 7) is 4.89. The van der Waals surface area contributed by atoms with E-state index in [9.17, 15) is 0 Å². The SMILES string of the molecule is COc1cccc2c1OC[C@@H](NCCC1(C)OCCO1)C2. The third-order valence-corrected chi connectivity index (χ3v) is 4.09. The fraction of sp³-hybridized carbons (Fsp3) is 0.625. The van der Waals surface area contributed by atoms with E-state index in [0.29, 0.717) is 25.9 Å². The van der Waals surface area contributed by atoms with Crippen LogP contribution in [0.5, 0.6) is 11.5 Å². The van der Waals surface area contributed by atoms with Crippen molar-refractivity contribution in [2.75, 3.05) is 33.5 Å². The molecule has 0 spiro atoms. The van der Waals surface area contributed by atoms with Crippen LogP contribution in [-0.4, -0.2) is 45.3 Å². The number of hydrogen-bond donors (Lipinski definition) is 1. The highest BCUT2D eigenvalue weighted by Crippen LogP contribution is 2.34. The predicted octanol–water partition coefficient (Wildman–Crippen LogP) is 1.74. The standard InChI is InChI=1S/C16H23NO4/c1-16(20-8-9-21-16)6-7-17-13-10-12-4-3-5-14(18-2)15(12)19-11-13/h3-5,13,17H,6-11H2,1-2H3/t13-/m0/s1. The minimum Gasteiger partial charge on any atom is -0.493 e. The van der Waals surface area contributed by atoms with Gasteiger partial charge in [0.05, 0.1) is 20.3 Å². The van der Waals surface area contributed by atoms with Gasteiger partial charge in [0.2, 0.25) is 0 Å². The number of hydrogen-bond acceptors (Lipinski definition) is 5. The van der Waals surface area contributed by atoms with Gasteiger partial charge in [-0.25, -0.2) is 0 Å². The monoisotopic (exact) mass is 293 g/mol. The minimum atomic E-state index is -0.427. The third-order valence-electron chi connectivity index (χ3n) is 4.09. The molecular weight excluding hydrogens is 270 g/mol. The summed E-state index contributed by atoms with van der Waals surface area (Å²) in [7, 11) is 1.67. The van der Waals surface area contributed by atoms with E-state index in [4.69, 9.17) is 18.9 Å². The van der Waals surface area contributed by atoms with Crippen molar-refractivity contribution >= 4 is 0 Å². The van der Waals surface area contributed by atoms with Crippen LogP contribution in [0.1, 0.15) is 18.9 Å². The van der Waals surface area contributed by atoms with E-state index in [0.717, 1.165) is 30.9 Å². The zero-order valence-electron chi connectivity index (χ0n) is 12.7. The molecule has 1 aromatic rings. The van der Waals surface area contributed by atoms with Crippen molar-refractivity contribution in [3.05, 3.63) is 23.8 Å². The van der Waals surface area contributed by atoms with E-state index in [1.54, 1.807) is 7.11 Å². The van der Waals surface area contributed by atoms with Crippen molar-refractivity contribution < 1.29 is 18.9 Å². The number of fused-ring (bicyclic) bond motifs is 1. The normalized spacial score (nSPS) is 23.4. The van der Waals surface area contributed by atoms with Gasteiger partial charge in [-0.3, -0.25) is 0 Å². The van der Waals surface area contributed by atoms with Crippen molar-refractivity contribution in [2.45, 2.75) is 31.6 Å². The Labute approximate surface area is 125 Å². The molecule has 1 N–H and O–H groups in total. The van der Waals surface area contributed by atoms with Crippen LogP contribution in [0.3, 0.4) is 0 Å². The molecule has 1 aromatic carbocycles. The number of ether oxygens (including phenoxy) is 4. The first kappa shape index (κ1) is 14.6. The molecule has 0 aromatic heterocycles. The molecule has 2 aliphatic rings. The van der Waals surface area contributed by atoms with Gasteiger partial charge in [0.15, 0.2) is 17.3 Å². The molecule has 3 rings (SSSR count). The summed E-state index contributed by atoms with van der Waals surface area (Å²) in [4.78, 5) is 0. The average molecular weight is 293 g/mol. The molecule has 116 valence electrons. The third kappa shape index (κ3) is 3.31. The van der Waals surface area contributed by atoms with Crippen LogP contribution in [0.2, 0.25) is 0 Å². The molecule has 0 unspecified atom stereocenters. The Morgan fingerprint density at radius 1 is 1.33 bits per heavy atom. The molecular formula is C16H23NO4. The maximum absolute atomic E-state index is 5.86. The molecule has 0 radical (unpaired) electrons. The quantitative estimate of drug-likeness (QED) is 0.896. The van der Waals surface area contributed by atoms with Gasteiger partial charge >= 0.3 is 0 Å². The average Bonchev–Trinajstić information content (AvgIpc) is 2.93. The Hall–Kier alpha value is -1.30. The van der Waals surface area contributed by atoms with Gasteiger partial charge < -0.3 is 24.3 Å². The lowest BCUT2D eigenvalue weighted by molar-refractivity contribution is -0.145. The fourth-order valence-corrected chi connectivity index (χ4v) is 2.89. The van der Waals surface area contributed by atoms with Gasteiger partial charge in [0, 0.05) is 19.0 Å². The van der Waals surface area contributed by atoms with Gasteiger partial charge in [-0.15, -0.1) is 0 Å². The highest BCUT2D eigenvalue weighted by molar-refractivity contribution is 5.48. The Bertz CT molecular complexity index is 485. The fourth-order valence-electron chi connectivity index (χ4n) is 2.89. The van der Waals surface area contributed by atoms with Crippen molar-refractivity contribution in [3.63, 3.8) is 0 Å². The van der Waals surface area contributed by atoms with E-state index < -0.39 is 5.79 Å². The zero-order valence-corrected chi connectivity index (χ0v) is 12.7. The lowest BCUT2D eigenvalue weighted by Crippen LogP contribution is -2.42. The summed E-state index contributed by atoms with van der Waals surface area (Å²) in [5.41, 5.74) is 1.19. The van der Waals surface area contributed by atoms with Gasteiger partial charge in [-0.1, -0.05) is 12.1 Å². The Morgan fingerprint density at radius 2 is 2.14 bits per heavy atom.